The molecule has 1 aliphatic heterocycles. The monoisotopic (exact) mass is 444 g/mol. The number of nitrogens with zero attached hydrogens (tertiary/aromatic N) is 6. The van der Waals surface area contributed by atoms with Crippen LogP contribution in [-0.4, -0.2) is 66.4 Å². The Labute approximate surface area is 192 Å². The zero-order valence-electron chi connectivity index (χ0n) is 19.7. The Morgan fingerprint density at radius 1 is 0.818 bits per heavy atom. The zero-order valence-corrected chi connectivity index (χ0v) is 19.7. The summed E-state index contributed by atoms with van der Waals surface area (Å²) < 4.78 is 4.03. The van der Waals surface area contributed by atoms with Crippen molar-refractivity contribution in [1.29, 1.82) is 0 Å². The van der Waals surface area contributed by atoms with Gasteiger partial charge in [0.05, 0.1) is 22.1 Å². The Balaban J connectivity index is 1.32. The van der Waals surface area contributed by atoms with Gasteiger partial charge in [-0.2, -0.15) is 0 Å². The Bertz CT molecular complexity index is 1420. The van der Waals surface area contributed by atoms with Crippen LogP contribution in [0.2, 0.25) is 0 Å². The van der Waals surface area contributed by atoms with E-state index < -0.39 is 0 Å². The van der Waals surface area contributed by atoms with Crippen LogP contribution >= 0.6 is 0 Å². The second-order valence-electron chi connectivity index (χ2n) is 8.94. The van der Waals surface area contributed by atoms with Crippen molar-refractivity contribution >= 4 is 33.9 Å². The van der Waals surface area contributed by atoms with E-state index in [4.69, 9.17) is 0 Å². The standard InChI is InChI=1S/C25H28N6O2/c1-15-14-30(24(32)18-6-8-22-20(12-18)26-16(2)28(22)4)10-11-31(15)25(33)19-7-9-23-21(13-19)27-17(3)29(23)5/h6-9,12-13,15H,10-11,14H2,1-5H3/t15-/m0/s1. The minimum absolute atomic E-state index is 0.0230. The van der Waals surface area contributed by atoms with Crippen LogP contribution in [0.1, 0.15) is 39.3 Å². The predicted octanol–water partition coefficient (Wildman–Crippen LogP) is 3.06. The maximum Gasteiger partial charge on any atom is 0.254 e. The molecule has 1 aliphatic rings. The first-order valence-corrected chi connectivity index (χ1v) is 11.2. The minimum Gasteiger partial charge on any atom is -0.335 e. The zero-order chi connectivity index (χ0) is 23.4. The van der Waals surface area contributed by atoms with E-state index in [1.54, 1.807) is 0 Å². The molecule has 3 heterocycles. The second kappa shape index (κ2) is 7.72. The molecular weight excluding hydrogens is 416 g/mol. The molecule has 2 aromatic heterocycles. The van der Waals surface area contributed by atoms with E-state index in [2.05, 4.69) is 9.97 Å². The molecule has 33 heavy (non-hydrogen) atoms. The highest BCUT2D eigenvalue weighted by atomic mass is 16.2. The molecule has 0 spiro atoms. The summed E-state index contributed by atoms with van der Waals surface area (Å²) in [4.78, 5) is 39.2. The molecule has 0 radical (unpaired) electrons. The van der Waals surface area contributed by atoms with E-state index in [1.807, 2.05) is 90.2 Å². The lowest BCUT2D eigenvalue weighted by Gasteiger charge is -2.40. The van der Waals surface area contributed by atoms with Gasteiger partial charge in [-0.05, 0) is 57.2 Å². The van der Waals surface area contributed by atoms with Crippen molar-refractivity contribution in [2.24, 2.45) is 14.1 Å². The number of rotatable bonds is 2. The van der Waals surface area contributed by atoms with Gasteiger partial charge >= 0.3 is 0 Å². The molecule has 0 N–H and O–H groups in total. The van der Waals surface area contributed by atoms with Gasteiger partial charge in [-0.3, -0.25) is 9.59 Å². The highest BCUT2D eigenvalue weighted by molar-refractivity contribution is 5.99. The number of carbonyl (C=O) groups is 2. The maximum absolute atomic E-state index is 13.3. The molecule has 2 amide bonds. The summed E-state index contributed by atoms with van der Waals surface area (Å²) in [5.74, 6) is 1.78. The molecule has 0 bridgehead atoms. The molecule has 8 nitrogen and oxygen atoms in total. The van der Waals surface area contributed by atoms with Gasteiger partial charge in [0.2, 0.25) is 0 Å². The molecule has 1 fully saturated rings. The lowest BCUT2D eigenvalue weighted by atomic mass is 10.1. The van der Waals surface area contributed by atoms with Gasteiger partial charge in [-0.15, -0.1) is 0 Å². The Morgan fingerprint density at radius 2 is 1.33 bits per heavy atom. The maximum atomic E-state index is 13.3. The molecular formula is C25H28N6O2. The number of hydrogen-bond acceptors (Lipinski definition) is 4. The van der Waals surface area contributed by atoms with Crippen molar-refractivity contribution < 1.29 is 9.59 Å². The quantitative estimate of drug-likeness (QED) is 0.476. The van der Waals surface area contributed by atoms with Crippen molar-refractivity contribution in [3.05, 3.63) is 59.2 Å². The number of benzene rings is 2. The lowest BCUT2D eigenvalue weighted by Crippen LogP contribution is -2.55. The summed E-state index contributed by atoms with van der Waals surface area (Å²) in [7, 11) is 3.94. The summed E-state index contributed by atoms with van der Waals surface area (Å²) >= 11 is 0. The molecule has 1 atom stereocenters. The van der Waals surface area contributed by atoms with Crippen LogP contribution < -0.4 is 0 Å². The van der Waals surface area contributed by atoms with E-state index in [-0.39, 0.29) is 17.9 Å². The van der Waals surface area contributed by atoms with Crippen LogP contribution in [-0.2, 0) is 14.1 Å². The molecule has 4 aromatic rings. The summed E-state index contributed by atoms with van der Waals surface area (Å²) in [5, 5.41) is 0. The van der Waals surface area contributed by atoms with E-state index >= 15 is 0 Å². The summed E-state index contributed by atoms with van der Waals surface area (Å²) in [6.07, 6.45) is 0. The van der Waals surface area contributed by atoms with Crippen LogP contribution in [0.25, 0.3) is 22.1 Å². The summed E-state index contributed by atoms with van der Waals surface area (Å²) in [5.41, 5.74) is 4.91. The van der Waals surface area contributed by atoms with Crippen LogP contribution in [0.15, 0.2) is 36.4 Å². The number of amides is 2. The van der Waals surface area contributed by atoms with Gasteiger partial charge in [-0.1, -0.05) is 0 Å². The van der Waals surface area contributed by atoms with Gasteiger partial charge in [-0.25, -0.2) is 9.97 Å². The minimum atomic E-state index is -0.0859. The van der Waals surface area contributed by atoms with Gasteiger partial charge in [0.15, 0.2) is 0 Å². The molecule has 2 aromatic carbocycles. The van der Waals surface area contributed by atoms with Crippen LogP contribution in [0.3, 0.4) is 0 Å². The van der Waals surface area contributed by atoms with E-state index in [0.717, 1.165) is 33.7 Å². The van der Waals surface area contributed by atoms with Gasteiger partial charge in [0.1, 0.15) is 11.6 Å². The first-order valence-electron chi connectivity index (χ1n) is 11.2. The van der Waals surface area contributed by atoms with E-state index in [1.165, 1.54) is 0 Å². The highest BCUT2D eigenvalue weighted by Gasteiger charge is 2.31. The largest absolute Gasteiger partial charge is 0.335 e. The highest BCUT2D eigenvalue weighted by Crippen LogP contribution is 2.22. The number of piperazine rings is 1. The first-order chi connectivity index (χ1) is 15.7. The van der Waals surface area contributed by atoms with E-state index in [0.29, 0.717) is 30.8 Å². The average Bonchev–Trinajstić information content (AvgIpc) is 3.26. The summed E-state index contributed by atoms with van der Waals surface area (Å²) in [6.45, 7) is 7.38. The van der Waals surface area contributed by atoms with Crippen LogP contribution in [0.5, 0.6) is 0 Å². The molecule has 170 valence electrons. The molecule has 8 heteroatoms. The van der Waals surface area contributed by atoms with Crippen molar-refractivity contribution in [2.45, 2.75) is 26.8 Å². The van der Waals surface area contributed by atoms with Crippen LogP contribution in [0, 0.1) is 13.8 Å². The summed E-state index contributed by atoms with van der Waals surface area (Å²) in [6, 6.07) is 11.2. The van der Waals surface area contributed by atoms with Crippen molar-refractivity contribution in [3.63, 3.8) is 0 Å². The average molecular weight is 445 g/mol. The third kappa shape index (κ3) is 3.46. The third-order valence-electron chi connectivity index (χ3n) is 6.88. The molecule has 0 aliphatic carbocycles. The fraction of sp³-hybridized carbons (Fsp3) is 0.360. The normalized spacial score (nSPS) is 16.7. The Hall–Kier alpha value is -3.68. The predicted molar refractivity (Wildman–Crippen MR) is 127 cm³/mol. The van der Waals surface area contributed by atoms with Crippen molar-refractivity contribution in [3.8, 4) is 0 Å². The van der Waals surface area contributed by atoms with Crippen molar-refractivity contribution in [1.82, 2.24) is 28.9 Å². The number of carbonyl (C=O) groups excluding carboxylic acids is 2. The lowest BCUT2D eigenvalue weighted by molar-refractivity contribution is 0.0414. The SMILES string of the molecule is Cc1nc2cc(C(=O)N3CCN(C(=O)c4ccc5c(c4)nc(C)n5C)[C@@H](C)C3)ccc2n1C. The third-order valence-corrected chi connectivity index (χ3v) is 6.88. The number of aromatic nitrogens is 4. The number of aryl methyl sites for hydroxylation is 4. The van der Waals surface area contributed by atoms with Crippen LogP contribution in [0.4, 0.5) is 0 Å². The topological polar surface area (TPSA) is 76.3 Å². The Morgan fingerprint density at radius 3 is 1.85 bits per heavy atom. The van der Waals surface area contributed by atoms with E-state index in [9.17, 15) is 9.59 Å². The van der Waals surface area contributed by atoms with Gasteiger partial charge < -0.3 is 18.9 Å². The fourth-order valence-electron chi connectivity index (χ4n) is 4.70. The molecule has 0 unspecified atom stereocenters. The van der Waals surface area contributed by atoms with Gasteiger partial charge in [0.25, 0.3) is 11.8 Å². The smallest absolute Gasteiger partial charge is 0.254 e. The molecule has 0 saturated carbocycles. The number of hydrogen-bond donors (Lipinski definition) is 0. The molecule has 1 saturated heterocycles. The number of fused-ring (bicyclic) bond motifs is 2. The Kier molecular flexibility index (Phi) is 4.96. The van der Waals surface area contributed by atoms with Gasteiger partial charge in [0, 0.05) is 50.9 Å². The second-order valence-corrected chi connectivity index (χ2v) is 8.94. The fourth-order valence-corrected chi connectivity index (χ4v) is 4.70. The first kappa shape index (κ1) is 21.2. The number of imidazole rings is 2. The van der Waals surface area contributed by atoms with Crippen molar-refractivity contribution in [2.75, 3.05) is 19.6 Å². The molecule has 5 rings (SSSR count).